The fraction of sp³-hybridized carbons (Fsp3) is 0.824. The zero-order valence-electron chi connectivity index (χ0n) is 40.2. The molecular weight excluding hydrogens is 797 g/mol. The minimum absolute atomic E-state index is 0.00183. The van der Waals surface area contributed by atoms with Crippen molar-refractivity contribution in [2.24, 2.45) is 11.7 Å². The van der Waals surface area contributed by atoms with Gasteiger partial charge in [-0.3, -0.25) is 9.69 Å². The van der Waals surface area contributed by atoms with E-state index in [-0.39, 0.29) is 25.5 Å². The van der Waals surface area contributed by atoms with Crippen molar-refractivity contribution in [3.05, 3.63) is 35.9 Å². The molecule has 12 heteroatoms. The Hall–Kier alpha value is -2.77. The van der Waals surface area contributed by atoms with Gasteiger partial charge in [-0.05, 0) is 30.7 Å². The number of unbranched alkanes of at least 4 members (excludes halogenated alkanes) is 24. The first-order chi connectivity index (χ1) is 30.6. The molecule has 0 aliphatic carbocycles. The van der Waals surface area contributed by atoms with Gasteiger partial charge in [0.25, 0.3) is 0 Å². The van der Waals surface area contributed by atoms with Crippen molar-refractivity contribution in [1.82, 2.24) is 15.1 Å². The van der Waals surface area contributed by atoms with Gasteiger partial charge in [-0.1, -0.05) is 212 Å². The maximum absolute atomic E-state index is 14.3. The lowest BCUT2D eigenvalue weighted by atomic mass is 9.93. The third kappa shape index (κ3) is 23.3. The van der Waals surface area contributed by atoms with E-state index in [9.17, 15) is 29.7 Å². The Kier molecular flexibility index (Phi) is 31.7. The van der Waals surface area contributed by atoms with Crippen molar-refractivity contribution >= 4 is 18.0 Å². The summed E-state index contributed by atoms with van der Waals surface area (Å²) in [5.41, 5.74) is 7.10. The van der Waals surface area contributed by atoms with Crippen molar-refractivity contribution in [2.75, 3.05) is 19.7 Å². The van der Waals surface area contributed by atoms with Crippen molar-refractivity contribution in [1.29, 1.82) is 0 Å². The number of nitrogens with two attached hydrogens (primary N) is 1. The van der Waals surface area contributed by atoms with Crippen LogP contribution in [0.4, 0.5) is 9.59 Å². The molecule has 1 fully saturated rings. The number of hydrogen-bond donors (Lipinski definition) is 5. The van der Waals surface area contributed by atoms with Gasteiger partial charge in [0.15, 0.2) is 6.23 Å². The number of imide groups is 1. The number of urea groups is 1. The number of carbonyl (C=O) groups excluding carboxylic acids is 3. The summed E-state index contributed by atoms with van der Waals surface area (Å²) in [6.45, 7) is 8.07. The highest BCUT2D eigenvalue weighted by Crippen LogP contribution is 2.30. The number of amides is 4. The van der Waals surface area contributed by atoms with Crippen LogP contribution in [-0.4, -0.2) is 99.5 Å². The van der Waals surface area contributed by atoms with E-state index >= 15 is 0 Å². The molecule has 1 aliphatic rings. The van der Waals surface area contributed by atoms with Gasteiger partial charge < -0.3 is 35.8 Å². The Bertz CT molecular complexity index is 1310. The van der Waals surface area contributed by atoms with E-state index in [4.69, 9.17) is 15.2 Å². The molecule has 4 amide bonds. The highest BCUT2D eigenvalue weighted by Gasteiger charge is 2.53. The number of aliphatic hydroxyl groups is 3. The average molecular weight is 889 g/mol. The first-order valence-electron chi connectivity index (χ1n) is 25.5. The molecule has 0 unspecified atom stereocenters. The van der Waals surface area contributed by atoms with Gasteiger partial charge in [-0.25, -0.2) is 14.5 Å². The van der Waals surface area contributed by atoms with E-state index in [0.29, 0.717) is 18.5 Å². The summed E-state index contributed by atoms with van der Waals surface area (Å²) in [7, 11) is 0. The summed E-state index contributed by atoms with van der Waals surface area (Å²) < 4.78 is 11.9. The molecule has 12 nitrogen and oxygen atoms in total. The molecule has 1 aromatic rings. The lowest BCUT2D eigenvalue weighted by Crippen LogP contribution is -2.72. The Morgan fingerprint density at radius 1 is 0.698 bits per heavy atom. The normalized spacial score (nSPS) is 19.2. The fourth-order valence-corrected chi connectivity index (χ4v) is 8.64. The van der Waals surface area contributed by atoms with Gasteiger partial charge in [0, 0.05) is 13.1 Å². The fourth-order valence-electron chi connectivity index (χ4n) is 8.64. The van der Waals surface area contributed by atoms with E-state index in [1.807, 2.05) is 19.9 Å². The van der Waals surface area contributed by atoms with Gasteiger partial charge in [0.05, 0.1) is 12.6 Å². The summed E-state index contributed by atoms with van der Waals surface area (Å²) in [5.74, 6) is -0.816. The van der Waals surface area contributed by atoms with Gasteiger partial charge in [0.1, 0.15) is 31.0 Å². The molecule has 6 atom stereocenters. The number of aliphatic hydroxyl groups excluding tert-OH is 3. The van der Waals surface area contributed by atoms with E-state index < -0.39 is 61.3 Å². The van der Waals surface area contributed by atoms with Crippen LogP contribution in [0.2, 0.25) is 0 Å². The van der Waals surface area contributed by atoms with Crippen LogP contribution in [0.3, 0.4) is 0 Å². The van der Waals surface area contributed by atoms with E-state index in [0.717, 1.165) is 49.8 Å². The number of rotatable bonds is 36. The maximum Gasteiger partial charge on any atom is 0.417 e. The lowest BCUT2D eigenvalue weighted by molar-refractivity contribution is -0.238. The van der Waals surface area contributed by atoms with Crippen molar-refractivity contribution in [3.8, 4) is 0 Å². The van der Waals surface area contributed by atoms with Crippen LogP contribution in [0.1, 0.15) is 207 Å². The standard InChI is InChI=1S/C51H92N4O8/c1-5-7-9-11-13-15-17-18-19-20-21-22-23-25-27-32-36-53-50(60)54(37-33-28-26-24-16-14-12-10-8-6-2)49-45(47(58)46(57)44(39-56)63-49)55(48(59)43(52)38-41(3)4)51(61)62-40-42-34-30-29-31-35-42/h29-31,34-35,41,43-47,49,56-58H,5-28,32-33,36-40,52H2,1-4H3,(H,53,60)/t43-,44+,45+,46+,47+,49+/m0/s1. The molecular formula is C51H92N4O8. The molecule has 1 aliphatic heterocycles. The van der Waals surface area contributed by atoms with Gasteiger partial charge in [-0.2, -0.15) is 0 Å². The first kappa shape index (κ1) is 56.4. The van der Waals surface area contributed by atoms with Crippen LogP contribution in [0.5, 0.6) is 0 Å². The van der Waals surface area contributed by atoms with Crippen molar-refractivity contribution < 1.29 is 39.2 Å². The monoisotopic (exact) mass is 889 g/mol. The molecule has 63 heavy (non-hydrogen) atoms. The minimum atomic E-state index is -1.79. The molecule has 0 radical (unpaired) electrons. The van der Waals surface area contributed by atoms with Crippen molar-refractivity contribution in [3.63, 3.8) is 0 Å². The molecule has 364 valence electrons. The van der Waals surface area contributed by atoms with Gasteiger partial charge in [0.2, 0.25) is 5.91 Å². The Morgan fingerprint density at radius 2 is 1.16 bits per heavy atom. The molecule has 1 heterocycles. The van der Waals surface area contributed by atoms with Gasteiger partial charge in [-0.15, -0.1) is 0 Å². The second-order valence-electron chi connectivity index (χ2n) is 18.6. The molecule has 1 saturated heterocycles. The second kappa shape index (κ2) is 35.5. The highest BCUT2D eigenvalue weighted by atomic mass is 16.6. The predicted molar refractivity (Wildman–Crippen MR) is 254 cm³/mol. The quantitative estimate of drug-likeness (QED) is 0.0411. The topological polar surface area (TPSA) is 175 Å². The number of nitrogens with zero attached hydrogens (tertiary/aromatic N) is 2. The molecule has 0 saturated carbocycles. The molecule has 1 aromatic carbocycles. The number of benzene rings is 1. The summed E-state index contributed by atoms with van der Waals surface area (Å²) in [5, 5.41) is 36.3. The van der Waals surface area contributed by atoms with Crippen LogP contribution in [0, 0.1) is 5.92 Å². The van der Waals surface area contributed by atoms with Crippen LogP contribution in [0.25, 0.3) is 0 Å². The Morgan fingerprint density at radius 3 is 1.62 bits per heavy atom. The van der Waals surface area contributed by atoms with Crippen molar-refractivity contribution in [2.45, 2.75) is 244 Å². The largest absolute Gasteiger partial charge is 0.444 e. The number of carbonyl (C=O) groups is 3. The summed E-state index contributed by atoms with van der Waals surface area (Å²) in [6, 6.07) is 5.79. The second-order valence-corrected chi connectivity index (χ2v) is 18.6. The van der Waals surface area contributed by atoms with Crippen LogP contribution >= 0.6 is 0 Å². The highest BCUT2D eigenvalue weighted by molar-refractivity contribution is 5.95. The summed E-state index contributed by atoms with van der Waals surface area (Å²) >= 11 is 0. The lowest BCUT2D eigenvalue weighted by Gasteiger charge is -2.49. The zero-order valence-corrected chi connectivity index (χ0v) is 40.2. The molecule has 0 aromatic heterocycles. The first-order valence-corrected chi connectivity index (χ1v) is 25.5. The SMILES string of the molecule is CCCCCCCCCCCCCCCCCCNC(=O)N(CCCCCCCCCCCC)[C@@H]1O[C@H](CO)[C@@H](O)[C@H](O)[C@H]1N(C(=O)OCc1ccccc1)C(=O)[C@@H](N)CC(C)C. The molecule has 6 N–H and O–H groups in total. The van der Waals surface area contributed by atoms with Gasteiger partial charge >= 0.3 is 12.1 Å². The maximum atomic E-state index is 14.3. The number of nitrogens with one attached hydrogen (secondary N) is 1. The minimum Gasteiger partial charge on any atom is -0.444 e. The Balaban J connectivity index is 2.15. The number of hydrogen-bond acceptors (Lipinski definition) is 9. The third-order valence-corrected chi connectivity index (χ3v) is 12.5. The summed E-state index contributed by atoms with van der Waals surface area (Å²) in [6.07, 6.45) is 23.8. The van der Waals surface area contributed by atoms with Crippen LogP contribution < -0.4 is 11.1 Å². The Labute approximate surface area is 382 Å². The van der Waals surface area contributed by atoms with E-state index in [1.54, 1.807) is 24.3 Å². The van der Waals surface area contributed by atoms with Crippen LogP contribution in [0.15, 0.2) is 30.3 Å². The van der Waals surface area contributed by atoms with E-state index in [1.165, 1.54) is 120 Å². The molecule has 0 bridgehead atoms. The summed E-state index contributed by atoms with van der Waals surface area (Å²) in [4.78, 5) is 44.8. The average Bonchev–Trinajstić information content (AvgIpc) is 3.27. The molecule has 0 spiro atoms. The smallest absolute Gasteiger partial charge is 0.417 e. The number of ether oxygens (including phenoxy) is 2. The molecule has 2 rings (SSSR count). The zero-order chi connectivity index (χ0) is 46.1. The van der Waals surface area contributed by atoms with Crippen LogP contribution in [-0.2, 0) is 20.9 Å². The predicted octanol–water partition coefficient (Wildman–Crippen LogP) is 10.5. The third-order valence-electron chi connectivity index (χ3n) is 12.5. The van der Waals surface area contributed by atoms with E-state index in [2.05, 4.69) is 19.2 Å².